The molecule has 1 aromatic rings. The van der Waals surface area contributed by atoms with Crippen LogP contribution in [-0.2, 0) is 19.1 Å². The fourth-order valence-corrected chi connectivity index (χ4v) is 4.17. The smallest absolute Gasteiger partial charge is 0.326 e. The van der Waals surface area contributed by atoms with Gasteiger partial charge in [-0.3, -0.25) is 19.3 Å². The van der Waals surface area contributed by atoms with Crippen molar-refractivity contribution in [2.45, 2.75) is 57.5 Å². The van der Waals surface area contributed by atoms with Crippen molar-refractivity contribution in [2.24, 2.45) is 5.92 Å². The summed E-state index contributed by atoms with van der Waals surface area (Å²) in [7, 11) is 0. The molecule has 1 saturated carbocycles. The molecule has 1 saturated heterocycles. The van der Waals surface area contributed by atoms with Crippen LogP contribution in [0, 0.1) is 5.92 Å². The molecule has 1 atom stereocenters. The molecule has 2 N–H and O–H groups in total. The first-order valence-electron chi connectivity index (χ1n) is 10.5. The van der Waals surface area contributed by atoms with Crippen LogP contribution in [0.15, 0.2) is 30.3 Å². The lowest BCUT2D eigenvalue weighted by Gasteiger charge is -2.34. The lowest BCUT2D eigenvalue weighted by atomic mass is 9.75. The third kappa shape index (κ3) is 4.80. The standard InChI is InChI=1S/C22H29N3O5/c1-3-16-9-11-22(12-10-16)20(28)25(21(29)24-22)13-19(27)30-14-18(26)23-15(2)17-7-5-4-6-8-17/h4-8,15-16H,3,9-14H2,1-2H3,(H,23,26)(H,24,29). The van der Waals surface area contributed by atoms with Gasteiger partial charge in [0, 0.05) is 0 Å². The van der Waals surface area contributed by atoms with Crippen molar-refractivity contribution in [3.63, 3.8) is 0 Å². The van der Waals surface area contributed by atoms with Crippen LogP contribution in [-0.4, -0.2) is 47.4 Å². The molecule has 2 fully saturated rings. The summed E-state index contributed by atoms with van der Waals surface area (Å²) < 4.78 is 4.98. The molecule has 2 aliphatic rings. The Balaban J connectivity index is 1.47. The van der Waals surface area contributed by atoms with Crippen LogP contribution in [0.5, 0.6) is 0 Å². The van der Waals surface area contributed by atoms with Crippen molar-refractivity contribution in [1.82, 2.24) is 15.5 Å². The summed E-state index contributed by atoms with van der Waals surface area (Å²) in [4.78, 5) is 50.2. The van der Waals surface area contributed by atoms with E-state index in [4.69, 9.17) is 4.74 Å². The molecule has 0 bridgehead atoms. The average Bonchev–Trinajstić information content (AvgIpc) is 2.97. The van der Waals surface area contributed by atoms with E-state index < -0.39 is 36.6 Å². The van der Waals surface area contributed by atoms with Crippen molar-refractivity contribution in [1.29, 1.82) is 0 Å². The molecule has 1 heterocycles. The molecule has 1 aliphatic carbocycles. The summed E-state index contributed by atoms with van der Waals surface area (Å²) in [5.41, 5.74) is 0.0329. The highest BCUT2D eigenvalue weighted by Gasteiger charge is 2.52. The number of imide groups is 1. The summed E-state index contributed by atoms with van der Waals surface area (Å²) >= 11 is 0. The largest absolute Gasteiger partial charge is 0.454 e. The van der Waals surface area contributed by atoms with E-state index >= 15 is 0 Å². The Bertz CT molecular complexity index is 802. The normalized spacial score (nSPS) is 24.5. The predicted molar refractivity (Wildman–Crippen MR) is 109 cm³/mol. The zero-order valence-corrected chi connectivity index (χ0v) is 17.5. The molecule has 1 unspecified atom stereocenters. The molecule has 30 heavy (non-hydrogen) atoms. The summed E-state index contributed by atoms with van der Waals surface area (Å²) in [5.74, 6) is -1.05. The van der Waals surface area contributed by atoms with E-state index in [-0.39, 0.29) is 11.9 Å². The maximum Gasteiger partial charge on any atom is 0.326 e. The van der Waals surface area contributed by atoms with Crippen LogP contribution < -0.4 is 10.6 Å². The van der Waals surface area contributed by atoms with Gasteiger partial charge in [-0.15, -0.1) is 0 Å². The van der Waals surface area contributed by atoms with Crippen LogP contribution in [0.1, 0.15) is 57.6 Å². The minimum absolute atomic E-state index is 0.235. The molecule has 8 heteroatoms. The third-order valence-electron chi connectivity index (χ3n) is 6.11. The van der Waals surface area contributed by atoms with Gasteiger partial charge in [-0.1, -0.05) is 43.7 Å². The number of urea groups is 1. The number of carbonyl (C=O) groups excluding carboxylic acids is 4. The minimum atomic E-state index is -0.897. The number of hydrogen-bond donors (Lipinski definition) is 2. The Labute approximate surface area is 176 Å². The van der Waals surface area contributed by atoms with Gasteiger partial charge in [-0.2, -0.15) is 0 Å². The lowest BCUT2D eigenvalue weighted by Crippen LogP contribution is -2.49. The quantitative estimate of drug-likeness (QED) is 0.525. The van der Waals surface area contributed by atoms with Crippen molar-refractivity contribution >= 4 is 23.8 Å². The topological polar surface area (TPSA) is 105 Å². The molecular weight excluding hydrogens is 386 g/mol. The zero-order valence-electron chi connectivity index (χ0n) is 17.5. The van der Waals surface area contributed by atoms with E-state index in [2.05, 4.69) is 17.6 Å². The number of rotatable bonds is 7. The van der Waals surface area contributed by atoms with Crippen LogP contribution >= 0.6 is 0 Å². The number of hydrogen-bond acceptors (Lipinski definition) is 5. The van der Waals surface area contributed by atoms with Crippen LogP contribution in [0.2, 0.25) is 0 Å². The predicted octanol–water partition coefficient (Wildman–Crippen LogP) is 2.30. The monoisotopic (exact) mass is 415 g/mol. The number of carbonyl (C=O) groups is 4. The molecule has 1 spiro atoms. The second-order valence-corrected chi connectivity index (χ2v) is 8.12. The molecule has 0 aromatic heterocycles. The summed E-state index contributed by atoms with van der Waals surface area (Å²) in [6.45, 7) is 2.99. The van der Waals surface area contributed by atoms with E-state index in [0.29, 0.717) is 18.8 Å². The SMILES string of the molecule is CCC1CCC2(CC1)NC(=O)N(CC(=O)OCC(=O)NC(C)c1ccccc1)C2=O. The Kier molecular flexibility index (Phi) is 6.74. The first-order chi connectivity index (χ1) is 14.3. The highest BCUT2D eigenvalue weighted by molar-refractivity contribution is 6.08. The van der Waals surface area contributed by atoms with Gasteiger partial charge < -0.3 is 15.4 Å². The lowest BCUT2D eigenvalue weighted by molar-refractivity contribution is -0.151. The van der Waals surface area contributed by atoms with Crippen molar-refractivity contribution in [3.8, 4) is 0 Å². The third-order valence-corrected chi connectivity index (χ3v) is 6.11. The van der Waals surface area contributed by atoms with Gasteiger partial charge in [0.2, 0.25) is 0 Å². The van der Waals surface area contributed by atoms with E-state index in [1.165, 1.54) is 0 Å². The van der Waals surface area contributed by atoms with Gasteiger partial charge in [0.15, 0.2) is 6.61 Å². The summed E-state index contributed by atoms with van der Waals surface area (Å²) in [6, 6.07) is 8.59. The molecule has 8 nitrogen and oxygen atoms in total. The van der Waals surface area contributed by atoms with E-state index in [1.807, 2.05) is 37.3 Å². The van der Waals surface area contributed by atoms with Crippen molar-refractivity contribution in [3.05, 3.63) is 35.9 Å². The summed E-state index contributed by atoms with van der Waals surface area (Å²) in [6.07, 6.45) is 3.98. The molecule has 4 amide bonds. The van der Waals surface area contributed by atoms with Gasteiger partial charge in [-0.25, -0.2) is 4.79 Å². The molecule has 1 aliphatic heterocycles. The molecule has 1 aromatic carbocycles. The molecule has 0 radical (unpaired) electrons. The maximum atomic E-state index is 12.8. The van der Waals surface area contributed by atoms with Crippen LogP contribution in [0.25, 0.3) is 0 Å². The van der Waals surface area contributed by atoms with Gasteiger partial charge in [0.1, 0.15) is 12.1 Å². The Morgan fingerprint density at radius 3 is 2.53 bits per heavy atom. The number of benzene rings is 1. The zero-order chi connectivity index (χ0) is 21.7. The van der Waals surface area contributed by atoms with Gasteiger partial charge in [0.05, 0.1) is 6.04 Å². The Morgan fingerprint density at radius 2 is 1.90 bits per heavy atom. The second kappa shape index (κ2) is 9.28. The van der Waals surface area contributed by atoms with Crippen LogP contribution in [0.3, 0.4) is 0 Å². The highest BCUT2D eigenvalue weighted by Crippen LogP contribution is 2.37. The molecule has 3 rings (SSSR count). The Hall–Kier alpha value is -2.90. The number of amides is 4. The molecular formula is C22H29N3O5. The van der Waals surface area contributed by atoms with Crippen molar-refractivity contribution in [2.75, 3.05) is 13.2 Å². The summed E-state index contributed by atoms with van der Waals surface area (Å²) in [5, 5.41) is 5.52. The average molecular weight is 415 g/mol. The number of esters is 1. The highest BCUT2D eigenvalue weighted by atomic mass is 16.5. The minimum Gasteiger partial charge on any atom is -0.454 e. The number of nitrogens with one attached hydrogen (secondary N) is 2. The van der Waals surface area contributed by atoms with Crippen LogP contribution in [0.4, 0.5) is 4.79 Å². The fourth-order valence-electron chi connectivity index (χ4n) is 4.17. The maximum absolute atomic E-state index is 12.8. The number of nitrogens with zero attached hydrogens (tertiary/aromatic N) is 1. The number of ether oxygens (including phenoxy) is 1. The second-order valence-electron chi connectivity index (χ2n) is 8.12. The van der Waals surface area contributed by atoms with Gasteiger partial charge in [-0.05, 0) is 44.1 Å². The van der Waals surface area contributed by atoms with E-state index in [9.17, 15) is 19.2 Å². The first-order valence-corrected chi connectivity index (χ1v) is 10.5. The van der Waals surface area contributed by atoms with E-state index in [1.54, 1.807) is 0 Å². The Morgan fingerprint density at radius 1 is 1.23 bits per heavy atom. The fraction of sp³-hybridized carbons (Fsp3) is 0.545. The van der Waals surface area contributed by atoms with Crippen molar-refractivity contribution < 1.29 is 23.9 Å². The van der Waals surface area contributed by atoms with Gasteiger partial charge >= 0.3 is 12.0 Å². The first kappa shape index (κ1) is 21.8. The molecule has 162 valence electrons. The van der Waals surface area contributed by atoms with Gasteiger partial charge in [0.25, 0.3) is 11.8 Å². The van der Waals surface area contributed by atoms with E-state index in [0.717, 1.165) is 29.7 Å².